The zero-order valence-electron chi connectivity index (χ0n) is 14.1. The molecule has 0 atom stereocenters. The fraction of sp³-hybridized carbons (Fsp3) is 0.400. The topological polar surface area (TPSA) is 24.7 Å². The first-order valence-electron chi connectivity index (χ1n) is 7.88. The fourth-order valence-corrected chi connectivity index (χ4v) is 2.53. The van der Waals surface area contributed by atoms with Gasteiger partial charge in [-0.1, -0.05) is 60.7 Å². The van der Waals surface area contributed by atoms with E-state index < -0.39 is 0 Å². The van der Waals surface area contributed by atoms with E-state index >= 15 is 0 Å². The van der Waals surface area contributed by atoms with Gasteiger partial charge in [-0.15, -0.1) is 0 Å². The molecule has 2 nitrogen and oxygen atoms in total. The van der Waals surface area contributed by atoms with Gasteiger partial charge >= 0.3 is 0 Å². The second-order valence-corrected chi connectivity index (χ2v) is 7.15. The molecule has 22 heavy (non-hydrogen) atoms. The Bertz CT molecular complexity index is 543. The van der Waals surface area contributed by atoms with Crippen LogP contribution in [0.25, 0.3) is 0 Å². The van der Waals surface area contributed by atoms with Crippen LogP contribution in [0.1, 0.15) is 38.8 Å². The third kappa shape index (κ3) is 5.44. The zero-order chi connectivity index (χ0) is 16.1. The molecular formula is C20H26N2. The van der Waals surface area contributed by atoms with Gasteiger partial charge in [0.25, 0.3) is 0 Å². The van der Waals surface area contributed by atoms with E-state index in [0.29, 0.717) is 0 Å². The van der Waals surface area contributed by atoms with Crippen LogP contribution in [-0.2, 0) is 12.8 Å². The molecule has 0 radical (unpaired) electrons. The highest BCUT2D eigenvalue weighted by Crippen LogP contribution is 2.22. The molecule has 0 aliphatic heterocycles. The summed E-state index contributed by atoms with van der Waals surface area (Å²) in [5.74, 6) is 0. The Kier molecular flexibility index (Phi) is 5.12. The maximum Gasteiger partial charge on any atom is 0.0800 e. The van der Waals surface area contributed by atoms with Crippen LogP contribution in [-0.4, -0.2) is 11.1 Å². The largest absolute Gasteiger partial charge is 0.187 e. The molecule has 2 heteroatoms. The molecule has 0 amide bonds. The average Bonchev–Trinajstić information content (AvgIpc) is 2.47. The molecule has 0 N–H and O–H groups in total. The Morgan fingerprint density at radius 2 is 0.909 bits per heavy atom. The third-order valence-corrected chi connectivity index (χ3v) is 3.55. The van der Waals surface area contributed by atoms with Gasteiger partial charge in [-0.05, 0) is 51.7 Å². The Hall–Kier alpha value is -1.96. The fourth-order valence-electron chi connectivity index (χ4n) is 2.53. The molecule has 0 saturated heterocycles. The normalized spacial score (nSPS) is 12.7. The number of nitrogens with zero attached hydrogens (tertiary/aromatic N) is 2. The minimum Gasteiger partial charge on any atom is -0.187 e. The van der Waals surface area contributed by atoms with Crippen molar-refractivity contribution >= 4 is 0 Å². The van der Waals surface area contributed by atoms with Gasteiger partial charge in [0.05, 0.1) is 11.1 Å². The lowest BCUT2D eigenvalue weighted by Gasteiger charge is -2.23. The molecule has 0 spiro atoms. The van der Waals surface area contributed by atoms with Crippen molar-refractivity contribution in [3.63, 3.8) is 0 Å². The highest BCUT2D eigenvalue weighted by atomic mass is 15.2. The van der Waals surface area contributed by atoms with Gasteiger partial charge in [0.2, 0.25) is 0 Å². The van der Waals surface area contributed by atoms with E-state index in [0.717, 1.165) is 12.8 Å². The van der Waals surface area contributed by atoms with Gasteiger partial charge in [0, 0.05) is 0 Å². The Morgan fingerprint density at radius 3 is 1.23 bits per heavy atom. The second kappa shape index (κ2) is 6.87. The Labute approximate surface area is 134 Å². The summed E-state index contributed by atoms with van der Waals surface area (Å²) < 4.78 is 0. The lowest BCUT2D eigenvalue weighted by atomic mass is 9.95. The lowest BCUT2D eigenvalue weighted by Crippen LogP contribution is -2.24. The number of benzene rings is 2. The minimum atomic E-state index is -0.185. The molecule has 2 aromatic rings. The molecule has 0 fully saturated rings. The van der Waals surface area contributed by atoms with Crippen LogP contribution in [0.4, 0.5) is 0 Å². The molecule has 0 unspecified atom stereocenters. The van der Waals surface area contributed by atoms with E-state index in [1.165, 1.54) is 11.1 Å². The van der Waals surface area contributed by atoms with Crippen LogP contribution in [0.5, 0.6) is 0 Å². The van der Waals surface area contributed by atoms with E-state index in [1.54, 1.807) is 0 Å². The molecule has 0 aliphatic rings. The quantitative estimate of drug-likeness (QED) is 0.630. The SMILES string of the molecule is CC(C)(Cc1ccccc1)N=NC(C)(C)Cc1ccccc1. The van der Waals surface area contributed by atoms with Crippen LogP contribution in [0.3, 0.4) is 0 Å². The standard InChI is InChI=1S/C20H26N2/c1-19(2,15-17-11-7-5-8-12-17)21-22-20(3,4)16-18-13-9-6-10-14-18/h5-14H,15-16H2,1-4H3. The van der Waals surface area contributed by atoms with Crippen molar-refractivity contribution < 1.29 is 0 Å². The Balaban J connectivity index is 2.02. The summed E-state index contributed by atoms with van der Waals surface area (Å²) in [6.07, 6.45) is 1.80. The molecule has 0 bridgehead atoms. The molecule has 2 aromatic carbocycles. The summed E-state index contributed by atoms with van der Waals surface area (Å²) in [6.45, 7) is 8.56. The van der Waals surface area contributed by atoms with Crippen molar-refractivity contribution in [3.8, 4) is 0 Å². The first-order valence-corrected chi connectivity index (χ1v) is 7.88. The predicted molar refractivity (Wildman–Crippen MR) is 93.3 cm³/mol. The van der Waals surface area contributed by atoms with E-state index in [1.807, 2.05) is 12.1 Å². The molecular weight excluding hydrogens is 268 g/mol. The van der Waals surface area contributed by atoms with Crippen molar-refractivity contribution in [2.75, 3.05) is 0 Å². The summed E-state index contributed by atoms with van der Waals surface area (Å²) in [4.78, 5) is 0. The van der Waals surface area contributed by atoms with E-state index in [4.69, 9.17) is 0 Å². The van der Waals surface area contributed by atoms with Gasteiger partial charge in [-0.25, -0.2) is 0 Å². The summed E-state index contributed by atoms with van der Waals surface area (Å²) in [5, 5.41) is 9.29. The molecule has 2 rings (SSSR count). The van der Waals surface area contributed by atoms with E-state index in [2.05, 4.69) is 86.5 Å². The first kappa shape index (κ1) is 16.4. The number of hydrogen-bond acceptors (Lipinski definition) is 2. The van der Waals surface area contributed by atoms with Crippen LogP contribution < -0.4 is 0 Å². The van der Waals surface area contributed by atoms with Gasteiger partial charge in [0.1, 0.15) is 0 Å². The molecule has 0 saturated carbocycles. The van der Waals surface area contributed by atoms with Crippen molar-refractivity contribution in [2.24, 2.45) is 10.2 Å². The summed E-state index contributed by atoms with van der Waals surface area (Å²) in [6, 6.07) is 21.0. The monoisotopic (exact) mass is 294 g/mol. The lowest BCUT2D eigenvalue weighted by molar-refractivity contribution is 0.416. The van der Waals surface area contributed by atoms with Gasteiger partial charge in [-0.2, -0.15) is 10.2 Å². The third-order valence-electron chi connectivity index (χ3n) is 3.55. The molecule has 116 valence electrons. The maximum atomic E-state index is 4.64. The second-order valence-electron chi connectivity index (χ2n) is 7.15. The molecule has 0 aliphatic carbocycles. The molecule has 0 aromatic heterocycles. The van der Waals surface area contributed by atoms with Crippen LogP contribution in [0.2, 0.25) is 0 Å². The van der Waals surface area contributed by atoms with Crippen molar-refractivity contribution in [3.05, 3.63) is 71.8 Å². The van der Waals surface area contributed by atoms with Crippen molar-refractivity contribution in [1.29, 1.82) is 0 Å². The van der Waals surface area contributed by atoms with Crippen LogP contribution in [0.15, 0.2) is 70.9 Å². The minimum absolute atomic E-state index is 0.185. The smallest absolute Gasteiger partial charge is 0.0800 e. The first-order chi connectivity index (χ1) is 10.4. The number of rotatable bonds is 6. The van der Waals surface area contributed by atoms with Crippen molar-refractivity contribution in [2.45, 2.75) is 51.6 Å². The average molecular weight is 294 g/mol. The number of hydrogen-bond donors (Lipinski definition) is 0. The van der Waals surface area contributed by atoms with E-state index in [9.17, 15) is 0 Å². The van der Waals surface area contributed by atoms with Gasteiger partial charge in [0.15, 0.2) is 0 Å². The van der Waals surface area contributed by atoms with Crippen LogP contribution >= 0.6 is 0 Å². The highest BCUT2D eigenvalue weighted by molar-refractivity contribution is 5.18. The van der Waals surface area contributed by atoms with E-state index in [-0.39, 0.29) is 11.1 Å². The van der Waals surface area contributed by atoms with Gasteiger partial charge in [-0.3, -0.25) is 0 Å². The predicted octanol–water partition coefficient (Wildman–Crippen LogP) is 5.48. The summed E-state index contributed by atoms with van der Waals surface area (Å²) >= 11 is 0. The van der Waals surface area contributed by atoms with Crippen molar-refractivity contribution in [1.82, 2.24) is 0 Å². The molecule has 0 heterocycles. The number of azo groups is 1. The highest BCUT2D eigenvalue weighted by Gasteiger charge is 2.22. The summed E-state index contributed by atoms with van der Waals surface area (Å²) in [7, 11) is 0. The maximum absolute atomic E-state index is 4.64. The van der Waals surface area contributed by atoms with Crippen LogP contribution in [0, 0.1) is 0 Å². The zero-order valence-corrected chi connectivity index (χ0v) is 14.1. The Morgan fingerprint density at radius 1 is 0.591 bits per heavy atom. The summed E-state index contributed by atoms with van der Waals surface area (Å²) in [5.41, 5.74) is 2.23. The van der Waals surface area contributed by atoms with Gasteiger partial charge < -0.3 is 0 Å².